The van der Waals surface area contributed by atoms with Gasteiger partial charge < -0.3 is 10.2 Å². The van der Waals surface area contributed by atoms with Crippen LogP contribution in [0.2, 0.25) is 0 Å². The molecule has 4 nitrogen and oxygen atoms in total. The number of carboxylic acid groups (broad SMARTS) is 1. The van der Waals surface area contributed by atoms with E-state index in [-0.39, 0.29) is 28.8 Å². The van der Waals surface area contributed by atoms with E-state index in [1.165, 1.54) is 0 Å². The van der Waals surface area contributed by atoms with Crippen molar-refractivity contribution in [3.63, 3.8) is 0 Å². The van der Waals surface area contributed by atoms with Crippen LogP contribution in [0.5, 0.6) is 0 Å². The highest BCUT2D eigenvalue weighted by atomic mass is 32.2. The van der Waals surface area contributed by atoms with Crippen molar-refractivity contribution in [1.29, 1.82) is 0 Å². The van der Waals surface area contributed by atoms with E-state index < -0.39 is 22.2 Å². The van der Waals surface area contributed by atoms with Gasteiger partial charge in [0.15, 0.2) is 0 Å². The third-order valence-electron chi connectivity index (χ3n) is 9.40. The smallest absolute Gasteiger partial charge is 0.309 e. The van der Waals surface area contributed by atoms with Crippen LogP contribution in [0, 0.1) is 39.9 Å². The quantitative estimate of drug-likeness (QED) is 0.784. The maximum atomic E-state index is 12.1. The molecular formula is C21H34O4S. The summed E-state index contributed by atoms with van der Waals surface area (Å²) in [7, 11) is -0.876. The third kappa shape index (κ3) is 2.35. The summed E-state index contributed by atoms with van der Waals surface area (Å²) in [6.07, 6.45) is 9.42. The monoisotopic (exact) mass is 382 g/mol. The Morgan fingerprint density at radius 1 is 1.12 bits per heavy atom. The summed E-state index contributed by atoms with van der Waals surface area (Å²) in [6, 6.07) is 0. The van der Waals surface area contributed by atoms with Crippen LogP contribution < -0.4 is 0 Å². The second-order valence-electron chi connectivity index (χ2n) is 10.3. The Morgan fingerprint density at radius 3 is 2.46 bits per heavy atom. The molecule has 0 saturated heterocycles. The lowest BCUT2D eigenvalue weighted by molar-refractivity contribution is -0.241. The Bertz CT molecular complexity index is 636. The summed E-state index contributed by atoms with van der Waals surface area (Å²) in [4.78, 5) is 12.1. The molecule has 1 spiro atoms. The van der Waals surface area contributed by atoms with Crippen LogP contribution in [0.1, 0.15) is 65.2 Å². The molecule has 9 atom stereocenters. The Hall–Kier alpha value is -0.420. The van der Waals surface area contributed by atoms with Crippen molar-refractivity contribution in [2.45, 2.75) is 71.3 Å². The predicted octanol–water partition coefficient (Wildman–Crippen LogP) is 3.45. The second kappa shape index (κ2) is 6.04. The van der Waals surface area contributed by atoms with E-state index in [1.807, 2.05) is 6.92 Å². The summed E-state index contributed by atoms with van der Waals surface area (Å²) < 4.78 is 11.9. The first-order chi connectivity index (χ1) is 12.1. The lowest BCUT2D eigenvalue weighted by Gasteiger charge is -2.69. The molecule has 5 aliphatic carbocycles. The number of aliphatic carboxylic acids is 1. The van der Waals surface area contributed by atoms with Gasteiger partial charge >= 0.3 is 5.97 Å². The van der Waals surface area contributed by atoms with E-state index >= 15 is 0 Å². The first kappa shape index (κ1) is 18.9. The highest BCUT2D eigenvalue weighted by molar-refractivity contribution is 7.84. The van der Waals surface area contributed by atoms with E-state index in [0.717, 1.165) is 51.4 Å². The Kier molecular flexibility index (Phi) is 4.39. The van der Waals surface area contributed by atoms with Gasteiger partial charge in [0.1, 0.15) is 0 Å². The van der Waals surface area contributed by atoms with Crippen LogP contribution in [0.15, 0.2) is 0 Å². The van der Waals surface area contributed by atoms with Crippen molar-refractivity contribution in [3.05, 3.63) is 0 Å². The molecule has 0 aliphatic heterocycles. The lowest BCUT2D eigenvalue weighted by Crippen LogP contribution is -2.67. The molecule has 2 bridgehead atoms. The summed E-state index contributed by atoms with van der Waals surface area (Å²) in [5, 5.41) is 21.4. The van der Waals surface area contributed by atoms with Crippen molar-refractivity contribution in [2.24, 2.45) is 39.9 Å². The van der Waals surface area contributed by atoms with E-state index in [9.17, 15) is 19.2 Å². The van der Waals surface area contributed by atoms with Gasteiger partial charge in [-0.3, -0.25) is 9.00 Å². The fourth-order valence-corrected chi connectivity index (χ4v) is 9.23. The summed E-state index contributed by atoms with van der Waals surface area (Å²) in [6.45, 7) is 4.31. The van der Waals surface area contributed by atoms with E-state index in [2.05, 4.69) is 6.92 Å². The number of rotatable bonds is 3. The van der Waals surface area contributed by atoms with Crippen molar-refractivity contribution in [3.8, 4) is 0 Å². The number of hydrogen-bond donors (Lipinski definition) is 2. The minimum absolute atomic E-state index is 0.0135. The summed E-state index contributed by atoms with van der Waals surface area (Å²) in [5.74, 6) is 1.23. The van der Waals surface area contributed by atoms with E-state index in [0.29, 0.717) is 17.6 Å². The Balaban J connectivity index is 1.71. The van der Waals surface area contributed by atoms with Crippen LogP contribution in [-0.4, -0.2) is 38.5 Å². The van der Waals surface area contributed by atoms with Crippen molar-refractivity contribution >= 4 is 16.8 Å². The molecule has 0 radical (unpaired) electrons. The van der Waals surface area contributed by atoms with Gasteiger partial charge in [-0.25, -0.2) is 0 Å². The van der Waals surface area contributed by atoms with Crippen LogP contribution in [0.3, 0.4) is 0 Å². The number of carbonyl (C=O) groups is 1. The van der Waals surface area contributed by atoms with Crippen molar-refractivity contribution in [1.82, 2.24) is 0 Å². The van der Waals surface area contributed by atoms with E-state index in [4.69, 9.17) is 0 Å². The van der Waals surface area contributed by atoms with Gasteiger partial charge in [-0.2, -0.15) is 0 Å². The van der Waals surface area contributed by atoms with Gasteiger partial charge in [0.05, 0.1) is 11.5 Å². The molecule has 5 aliphatic rings. The zero-order valence-corrected chi connectivity index (χ0v) is 17.2. The molecule has 0 aromatic heterocycles. The molecule has 26 heavy (non-hydrogen) atoms. The van der Waals surface area contributed by atoms with Gasteiger partial charge in [0.25, 0.3) is 0 Å². The molecule has 5 saturated carbocycles. The Labute approximate surface area is 159 Å². The van der Waals surface area contributed by atoms with Crippen LogP contribution in [-0.2, 0) is 15.6 Å². The fourth-order valence-electron chi connectivity index (χ4n) is 8.23. The molecule has 5 rings (SSSR count). The molecule has 0 heterocycles. The molecule has 0 aromatic rings. The van der Waals surface area contributed by atoms with E-state index in [1.54, 1.807) is 6.26 Å². The lowest BCUT2D eigenvalue weighted by atomic mass is 9.35. The topological polar surface area (TPSA) is 74.6 Å². The minimum Gasteiger partial charge on any atom is -0.481 e. The van der Waals surface area contributed by atoms with Crippen molar-refractivity contribution in [2.75, 3.05) is 12.0 Å². The Morgan fingerprint density at radius 2 is 1.81 bits per heavy atom. The normalized spacial score (nSPS) is 54.2. The number of fused-ring (bicyclic) bond motifs is 3. The average molecular weight is 383 g/mol. The first-order valence-electron chi connectivity index (χ1n) is 10.4. The van der Waals surface area contributed by atoms with Crippen molar-refractivity contribution < 1.29 is 19.2 Å². The first-order valence-corrected chi connectivity index (χ1v) is 12.1. The number of hydrogen-bond acceptors (Lipinski definition) is 3. The predicted molar refractivity (Wildman–Crippen MR) is 102 cm³/mol. The van der Waals surface area contributed by atoms with Gasteiger partial charge in [0.2, 0.25) is 0 Å². The SMILES string of the molecule is C[S@@](=O)C[C@H]1[C@@H]2CC[C@@]3(CC[C@H]4[C@@](C)(CCC[C@@]4(C)C(=O)O)[C@@H]3C2)[C@@H]1O. The molecule has 5 heteroatoms. The average Bonchev–Trinajstić information content (AvgIpc) is 2.57. The molecule has 0 unspecified atom stereocenters. The van der Waals surface area contributed by atoms with Gasteiger partial charge in [-0.05, 0) is 86.4 Å². The standard InChI is InChI=1S/C21H34O4S/c1-19-7-4-8-20(2,18(23)24)15(19)6-10-21-9-5-13(11-16(19)21)14(17(21)22)12-26(3)25/h13-17,22H,4-12H2,1-3H3,(H,23,24)/t13-,14+,15+,16+,17-,19-,20-,21+,26-/m1/s1. The zero-order chi connectivity index (χ0) is 18.9. The third-order valence-corrected chi connectivity index (χ3v) is 10.3. The van der Waals surface area contributed by atoms with Gasteiger partial charge in [0, 0.05) is 22.8 Å². The summed E-state index contributed by atoms with van der Waals surface area (Å²) >= 11 is 0. The largest absolute Gasteiger partial charge is 0.481 e. The zero-order valence-electron chi connectivity index (χ0n) is 16.4. The molecule has 148 valence electrons. The maximum absolute atomic E-state index is 12.1. The van der Waals surface area contributed by atoms with Crippen LogP contribution >= 0.6 is 0 Å². The molecule has 0 aromatic carbocycles. The second-order valence-corrected chi connectivity index (χ2v) is 11.8. The molecule has 0 amide bonds. The molecule has 5 fully saturated rings. The van der Waals surface area contributed by atoms with Gasteiger partial charge in [-0.15, -0.1) is 0 Å². The van der Waals surface area contributed by atoms with Crippen LogP contribution in [0.25, 0.3) is 0 Å². The minimum atomic E-state index is -0.876. The summed E-state index contributed by atoms with van der Waals surface area (Å²) in [5.41, 5.74) is -0.680. The molecular weight excluding hydrogens is 348 g/mol. The van der Waals surface area contributed by atoms with Gasteiger partial charge in [-0.1, -0.05) is 13.3 Å². The highest BCUT2D eigenvalue weighted by Crippen LogP contribution is 2.72. The number of aliphatic hydroxyl groups is 1. The van der Waals surface area contributed by atoms with Crippen LogP contribution in [0.4, 0.5) is 0 Å². The number of carboxylic acids is 1. The number of aliphatic hydroxyl groups excluding tert-OH is 1. The maximum Gasteiger partial charge on any atom is 0.309 e. The fraction of sp³-hybridized carbons (Fsp3) is 0.952. The molecule has 2 N–H and O–H groups in total. The highest BCUT2D eigenvalue weighted by Gasteiger charge is 2.68.